The van der Waals surface area contributed by atoms with Crippen LogP contribution in [0.15, 0.2) is 96.3 Å². The van der Waals surface area contributed by atoms with Crippen molar-refractivity contribution in [2.45, 2.75) is 60.1 Å². The molecule has 1 nitrogen and oxygen atoms in total. The van der Waals surface area contributed by atoms with Gasteiger partial charge in [-0.1, -0.05) is 42.1 Å². The third-order valence-electron chi connectivity index (χ3n) is 9.87. The molecule has 0 saturated heterocycles. The monoisotopic (exact) mass is 834 g/mol. The molecule has 0 saturated carbocycles. The van der Waals surface area contributed by atoms with E-state index >= 15 is 0 Å². The number of rotatable bonds is 3. The smallest absolute Gasteiger partial charge is 1.00 e. The van der Waals surface area contributed by atoms with E-state index in [-0.39, 0.29) is 46.1 Å². The third-order valence-corrected chi connectivity index (χ3v) is 15.9. The average Bonchev–Trinajstić information content (AvgIpc) is 3.66. The Labute approximate surface area is 312 Å². The Bertz CT molecular complexity index is 1920. The number of allylic oxidation sites excluding steroid dienone is 2. The number of fused-ring (bicyclic) bond motifs is 1. The molecule has 14 heteroatoms. The molecule has 4 aromatic rings. The Kier molecular flexibility index (Phi) is 10.8. The summed E-state index contributed by atoms with van der Waals surface area (Å²) in [4.78, 5) is 0. The number of halogens is 11. The number of aromatic nitrogens is 1. The van der Waals surface area contributed by atoms with Crippen molar-refractivity contribution < 1.29 is 89.0 Å². The Balaban J connectivity index is 0.000000239. The summed E-state index contributed by atoms with van der Waals surface area (Å²) in [6.45, 7) is 9.24. The maximum Gasteiger partial charge on any atom is -1.00 e. The van der Waals surface area contributed by atoms with E-state index in [0.29, 0.717) is 5.56 Å². The molecule has 8 rings (SSSR count). The van der Waals surface area contributed by atoms with E-state index in [1.807, 2.05) is 19.1 Å². The summed E-state index contributed by atoms with van der Waals surface area (Å²) < 4.78 is 122. The van der Waals surface area contributed by atoms with Crippen LogP contribution in [-0.2, 0) is 30.1 Å². The second kappa shape index (κ2) is 13.5. The number of hydrogen-bond donors (Lipinski definition) is 0. The third kappa shape index (κ3) is 6.00. The first kappa shape index (κ1) is 40.2. The summed E-state index contributed by atoms with van der Waals surface area (Å²) in [5, 5.41) is 1.72. The zero-order valence-electron chi connectivity index (χ0n) is 26.9. The first-order valence-corrected chi connectivity index (χ1v) is 19.6. The Hall–Kier alpha value is -2.53. The van der Waals surface area contributed by atoms with Crippen LogP contribution in [-0.4, -0.2) is 31.2 Å². The van der Waals surface area contributed by atoms with Gasteiger partial charge in [-0.15, -0.1) is 0 Å². The van der Waals surface area contributed by atoms with Gasteiger partial charge in [0.25, 0.3) is 0 Å². The summed E-state index contributed by atoms with van der Waals surface area (Å²) >= 11 is 1.21. The molecule has 0 amide bonds. The molecular weight excluding hydrogens is 808 g/mol. The minimum Gasteiger partial charge on any atom is -1.00 e. The fourth-order valence-corrected chi connectivity index (χ4v) is 13.0. The number of alkyl halides is 9. The van der Waals surface area contributed by atoms with Crippen molar-refractivity contribution in [2.75, 3.05) is 0 Å². The maximum atomic E-state index is 13.3. The predicted octanol–water partition coefficient (Wildman–Crippen LogP) is 5.44. The van der Waals surface area contributed by atoms with Gasteiger partial charge in [0.05, 0.1) is 8.07 Å². The molecule has 2 aliphatic carbocycles. The minimum absolute atomic E-state index is 0. The molecule has 3 aromatic carbocycles. The van der Waals surface area contributed by atoms with E-state index in [0.717, 1.165) is 34.4 Å². The average molecular weight is 837 g/mol. The fraction of sp³-hybridized carbons (Fsp3) is 0.278. The van der Waals surface area contributed by atoms with Gasteiger partial charge in [0.15, 0.2) is 0 Å². The van der Waals surface area contributed by atoms with Gasteiger partial charge < -0.3 is 29.4 Å². The Morgan fingerprint density at radius 2 is 1.22 bits per heavy atom. The predicted molar refractivity (Wildman–Crippen MR) is 167 cm³/mol. The van der Waals surface area contributed by atoms with E-state index in [1.54, 1.807) is 28.5 Å². The van der Waals surface area contributed by atoms with Gasteiger partial charge >= 0.3 is 181 Å². The van der Waals surface area contributed by atoms with E-state index in [2.05, 4.69) is 67.3 Å². The van der Waals surface area contributed by atoms with Crippen LogP contribution in [0.2, 0.25) is 13.1 Å². The molecule has 2 aliphatic heterocycles. The van der Waals surface area contributed by atoms with E-state index in [9.17, 15) is 39.5 Å². The van der Waals surface area contributed by atoms with Crippen molar-refractivity contribution in [3.8, 4) is 16.8 Å². The van der Waals surface area contributed by atoms with Gasteiger partial charge in [-0.2, -0.15) is 0 Å². The normalized spacial score (nSPS) is 18.9. The van der Waals surface area contributed by atoms with Crippen molar-refractivity contribution in [3.63, 3.8) is 0 Å². The van der Waals surface area contributed by atoms with Crippen molar-refractivity contribution >= 4 is 19.3 Å². The number of para-hydroxylation sites is 1. The topological polar surface area (TPSA) is 4.93 Å². The van der Waals surface area contributed by atoms with E-state index in [1.165, 1.54) is 36.0 Å². The van der Waals surface area contributed by atoms with Crippen LogP contribution < -0.4 is 24.8 Å². The molecule has 0 spiro atoms. The van der Waals surface area contributed by atoms with E-state index < -0.39 is 37.6 Å². The van der Waals surface area contributed by atoms with Crippen LogP contribution in [0.3, 0.4) is 0 Å². The van der Waals surface area contributed by atoms with Crippen LogP contribution in [0.1, 0.15) is 50.8 Å². The van der Waals surface area contributed by atoms with Gasteiger partial charge in [-0.25, -0.2) is 0 Å². The Morgan fingerprint density at radius 1 is 0.660 bits per heavy atom. The first-order valence-electron chi connectivity index (χ1n) is 15.1. The van der Waals surface area contributed by atoms with Crippen LogP contribution in [0.25, 0.3) is 28.1 Å². The first-order chi connectivity index (χ1) is 22.2. The zero-order chi connectivity index (χ0) is 35.2. The molecule has 2 bridgehead atoms. The summed E-state index contributed by atoms with van der Waals surface area (Å²) in [6.07, 6.45) is -13.3. The number of nitrogens with zero attached hydrogens (tertiary/aromatic N) is 1. The molecule has 4 aliphatic rings. The molecule has 0 fully saturated rings. The molecular formula is C36H29Cl2F9NSiZr. The summed E-state index contributed by atoms with van der Waals surface area (Å²) in [5.41, 5.74) is 2.47. The van der Waals surface area contributed by atoms with E-state index in [4.69, 9.17) is 0 Å². The van der Waals surface area contributed by atoms with Crippen molar-refractivity contribution in [3.05, 3.63) is 124 Å². The van der Waals surface area contributed by atoms with Gasteiger partial charge in [0, 0.05) is 23.6 Å². The second-order valence-corrected chi connectivity index (χ2v) is 19.0. The SMILES string of the molecule is CC1=C2c3cn(-c4ccccc4)cc3C1[Si]2(C)C.CC1=Cc2c(-c3ccc(C(C(F)(F)F)(C(F)(F)F)C(F)(F)F)cc3)cccc2[CH]1[Zr+2].[Cl-].[Cl-]. The molecule has 3 heterocycles. The molecule has 0 N–H and O–H groups in total. The zero-order valence-corrected chi connectivity index (χ0v) is 31.9. The fourth-order valence-electron chi connectivity index (χ4n) is 7.78. The molecule has 1 aromatic heterocycles. The van der Waals surface area contributed by atoms with Crippen molar-refractivity contribution in [1.29, 1.82) is 0 Å². The molecule has 2 atom stereocenters. The maximum absolute atomic E-state index is 13.3. The largest absolute Gasteiger partial charge is 1.00 e. The van der Waals surface area contributed by atoms with Gasteiger partial charge in [-0.05, 0) is 30.2 Å². The van der Waals surface area contributed by atoms with Crippen LogP contribution in [0, 0.1) is 0 Å². The van der Waals surface area contributed by atoms with Crippen LogP contribution in [0.4, 0.5) is 39.5 Å². The van der Waals surface area contributed by atoms with Crippen LogP contribution in [0.5, 0.6) is 0 Å². The Morgan fingerprint density at radius 3 is 1.72 bits per heavy atom. The minimum atomic E-state index is -6.63. The van der Waals surface area contributed by atoms with Crippen molar-refractivity contribution in [2.24, 2.45) is 0 Å². The van der Waals surface area contributed by atoms with Gasteiger partial charge in [-0.3, -0.25) is 0 Å². The number of hydrogen-bond acceptors (Lipinski definition) is 0. The second-order valence-electron chi connectivity index (χ2n) is 13.0. The molecule has 50 heavy (non-hydrogen) atoms. The molecule has 0 radical (unpaired) electrons. The quantitative estimate of drug-likeness (QED) is 0.192. The van der Waals surface area contributed by atoms with Crippen molar-refractivity contribution in [1.82, 2.24) is 4.57 Å². The van der Waals surface area contributed by atoms with Gasteiger partial charge in [0.1, 0.15) is 0 Å². The summed E-state index contributed by atoms with van der Waals surface area (Å²) in [5.74, 6) is 0. The standard InChI is InChI=1S/C20H12F9.C16H17NSi.2ClH.Zr/c1-11-9-13-3-2-4-15(16(13)10-11)12-5-7-14(8-6-12)17(18(21,22)23,19(24,25)26)20(27,28)29;1-11-15-13-9-17(12-7-5-4-6-8-12)10-14(13)16(11)18(15,2)3;;;/h2-10H,1H3;4-10,15H,1-3H3;2*1H;/q;;;;+2/p-2. The number of benzene rings is 3. The van der Waals surface area contributed by atoms with Gasteiger partial charge in [0.2, 0.25) is 0 Å². The van der Waals surface area contributed by atoms with Crippen LogP contribution >= 0.6 is 0 Å². The summed E-state index contributed by atoms with van der Waals surface area (Å²) in [7, 11) is -1.12. The molecule has 2 unspecified atom stereocenters. The summed E-state index contributed by atoms with van der Waals surface area (Å²) in [6, 6.07) is 18.0. The molecule has 263 valence electrons.